The lowest BCUT2D eigenvalue weighted by atomic mass is 10.0. The lowest BCUT2D eigenvalue weighted by Crippen LogP contribution is -2.38. The van der Waals surface area contributed by atoms with Crippen LogP contribution in [0.1, 0.15) is 31.2 Å². The van der Waals surface area contributed by atoms with Gasteiger partial charge < -0.3 is 11.1 Å². The van der Waals surface area contributed by atoms with Crippen molar-refractivity contribution in [2.45, 2.75) is 32.4 Å². The Morgan fingerprint density at radius 1 is 1.60 bits per heavy atom. The fraction of sp³-hybridized carbons (Fsp3) is 0.643. The minimum absolute atomic E-state index is 0. The summed E-state index contributed by atoms with van der Waals surface area (Å²) in [4.78, 5) is 15.4. The summed E-state index contributed by atoms with van der Waals surface area (Å²) in [7, 11) is 0. The van der Waals surface area contributed by atoms with Gasteiger partial charge in [0.2, 0.25) is 5.91 Å². The number of likely N-dealkylation sites (tertiary alicyclic amines) is 1. The Bertz CT molecular complexity index is 411. The van der Waals surface area contributed by atoms with Crippen LogP contribution in [0.4, 0.5) is 0 Å². The number of nitrogens with two attached hydrogens (primary N) is 1. The first-order chi connectivity index (χ1) is 9.06. The van der Waals surface area contributed by atoms with Gasteiger partial charge in [-0.05, 0) is 44.2 Å². The molecule has 1 amide bonds. The maximum absolute atomic E-state index is 12.0. The normalized spacial score (nSPS) is 22.1. The van der Waals surface area contributed by atoms with Gasteiger partial charge in [0.25, 0.3) is 0 Å². The van der Waals surface area contributed by atoms with E-state index < -0.39 is 0 Å². The standard InChI is InChI=1S/C14H23N3OS.ClH/c1-10(15)12-5-6-17(8-12)9-14(18)16-11(2)13-4-3-7-19-13;/h3-4,7,10-12H,5-6,8-9,15H2,1-2H3,(H,16,18);1H. The monoisotopic (exact) mass is 317 g/mol. The van der Waals surface area contributed by atoms with E-state index in [0.29, 0.717) is 12.5 Å². The number of hydrogen-bond donors (Lipinski definition) is 2. The second-order valence-corrected chi connectivity index (χ2v) is 6.43. The smallest absolute Gasteiger partial charge is 0.234 e. The molecule has 114 valence electrons. The zero-order valence-corrected chi connectivity index (χ0v) is 13.7. The maximum atomic E-state index is 12.0. The van der Waals surface area contributed by atoms with Gasteiger partial charge in [0.1, 0.15) is 0 Å². The molecular weight excluding hydrogens is 294 g/mol. The first-order valence-electron chi connectivity index (χ1n) is 6.87. The van der Waals surface area contributed by atoms with Crippen molar-refractivity contribution < 1.29 is 4.79 Å². The van der Waals surface area contributed by atoms with E-state index in [1.54, 1.807) is 11.3 Å². The highest BCUT2D eigenvalue weighted by molar-refractivity contribution is 7.10. The van der Waals surface area contributed by atoms with Crippen LogP contribution in [-0.2, 0) is 4.79 Å². The molecule has 0 aromatic carbocycles. The van der Waals surface area contributed by atoms with E-state index in [-0.39, 0.29) is 30.4 Å². The molecule has 3 atom stereocenters. The summed E-state index contributed by atoms with van der Waals surface area (Å²) in [5.41, 5.74) is 5.91. The molecule has 1 fully saturated rings. The van der Waals surface area contributed by atoms with Crippen molar-refractivity contribution in [3.8, 4) is 0 Å². The summed E-state index contributed by atoms with van der Waals surface area (Å²) >= 11 is 1.68. The van der Waals surface area contributed by atoms with Crippen LogP contribution in [0.5, 0.6) is 0 Å². The topological polar surface area (TPSA) is 58.4 Å². The molecule has 0 radical (unpaired) electrons. The molecule has 1 saturated heterocycles. The third-order valence-electron chi connectivity index (χ3n) is 3.77. The van der Waals surface area contributed by atoms with Gasteiger partial charge >= 0.3 is 0 Å². The zero-order chi connectivity index (χ0) is 13.8. The van der Waals surface area contributed by atoms with Crippen molar-refractivity contribution in [1.82, 2.24) is 10.2 Å². The molecule has 3 N–H and O–H groups in total. The van der Waals surface area contributed by atoms with Gasteiger partial charge in [-0.1, -0.05) is 6.07 Å². The quantitative estimate of drug-likeness (QED) is 0.873. The molecule has 1 aliphatic rings. The lowest BCUT2D eigenvalue weighted by Gasteiger charge is -2.19. The molecule has 0 aliphatic carbocycles. The summed E-state index contributed by atoms with van der Waals surface area (Å²) in [6.07, 6.45) is 1.10. The van der Waals surface area contributed by atoms with Crippen LogP contribution >= 0.6 is 23.7 Å². The summed E-state index contributed by atoms with van der Waals surface area (Å²) in [6, 6.07) is 4.38. The summed E-state index contributed by atoms with van der Waals surface area (Å²) < 4.78 is 0. The first kappa shape index (κ1) is 17.4. The molecule has 20 heavy (non-hydrogen) atoms. The number of nitrogens with zero attached hydrogens (tertiary/aromatic N) is 1. The highest BCUT2D eigenvalue weighted by atomic mass is 35.5. The molecule has 0 spiro atoms. The van der Waals surface area contributed by atoms with Gasteiger partial charge in [-0.15, -0.1) is 23.7 Å². The van der Waals surface area contributed by atoms with Gasteiger partial charge in [-0.25, -0.2) is 0 Å². The molecule has 2 heterocycles. The average molecular weight is 318 g/mol. The molecule has 1 aromatic heterocycles. The number of carbonyl (C=O) groups excluding carboxylic acids is 1. The second kappa shape index (κ2) is 7.98. The Balaban J connectivity index is 0.00000200. The SMILES string of the molecule is CC(NC(=O)CN1CCC(C(C)N)C1)c1cccs1.Cl. The average Bonchev–Trinajstić information content (AvgIpc) is 2.98. The van der Waals surface area contributed by atoms with Crippen LogP contribution in [-0.4, -0.2) is 36.5 Å². The highest BCUT2D eigenvalue weighted by Gasteiger charge is 2.26. The largest absolute Gasteiger partial charge is 0.348 e. The van der Waals surface area contributed by atoms with Crippen LogP contribution in [0.3, 0.4) is 0 Å². The number of carbonyl (C=O) groups is 1. The number of nitrogens with one attached hydrogen (secondary N) is 1. The molecule has 6 heteroatoms. The molecule has 1 aliphatic heterocycles. The Hall–Kier alpha value is -0.620. The van der Waals surface area contributed by atoms with E-state index in [1.807, 2.05) is 25.3 Å². The summed E-state index contributed by atoms with van der Waals surface area (Å²) in [6.45, 7) is 6.48. The van der Waals surface area contributed by atoms with Crippen LogP contribution < -0.4 is 11.1 Å². The van der Waals surface area contributed by atoms with E-state index >= 15 is 0 Å². The predicted octanol–water partition coefficient (Wildman–Crippen LogP) is 2.02. The van der Waals surface area contributed by atoms with Crippen molar-refractivity contribution in [3.63, 3.8) is 0 Å². The second-order valence-electron chi connectivity index (χ2n) is 5.45. The van der Waals surface area contributed by atoms with E-state index in [0.717, 1.165) is 19.5 Å². The minimum Gasteiger partial charge on any atom is -0.348 e. The number of amides is 1. The fourth-order valence-corrected chi connectivity index (χ4v) is 3.27. The van der Waals surface area contributed by atoms with E-state index in [9.17, 15) is 4.79 Å². The highest BCUT2D eigenvalue weighted by Crippen LogP contribution is 2.19. The van der Waals surface area contributed by atoms with Crippen LogP contribution in [0.15, 0.2) is 17.5 Å². The Morgan fingerprint density at radius 3 is 2.90 bits per heavy atom. The minimum atomic E-state index is 0. The number of halogens is 1. The number of rotatable bonds is 5. The molecule has 3 unspecified atom stereocenters. The Morgan fingerprint density at radius 2 is 2.35 bits per heavy atom. The Labute approximate surface area is 131 Å². The number of thiophene rings is 1. The fourth-order valence-electron chi connectivity index (χ4n) is 2.53. The number of hydrogen-bond acceptors (Lipinski definition) is 4. The predicted molar refractivity (Wildman–Crippen MR) is 86.3 cm³/mol. The van der Waals surface area contributed by atoms with Crippen molar-refractivity contribution in [2.75, 3.05) is 19.6 Å². The first-order valence-corrected chi connectivity index (χ1v) is 7.75. The van der Waals surface area contributed by atoms with Crippen molar-refractivity contribution in [1.29, 1.82) is 0 Å². The van der Waals surface area contributed by atoms with Crippen LogP contribution in [0, 0.1) is 5.92 Å². The van der Waals surface area contributed by atoms with Crippen LogP contribution in [0.2, 0.25) is 0 Å². The molecule has 4 nitrogen and oxygen atoms in total. The van der Waals surface area contributed by atoms with Crippen LogP contribution in [0.25, 0.3) is 0 Å². The van der Waals surface area contributed by atoms with Crippen molar-refractivity contribution in [3.05, 3.63) is 22.4 Å². The molecular formula is C14H24ClN3OS. The third-order valence-corrected chi connectivity index (χ3v) is 4.82. The van der Waals surface area contributed by atoms with Gasteiger partial charge in [-0.2, -0.15) is 0 Å². The Kier molecular flexibility index (Phi) is 6.95. The van der Waals surface area contributed by atoms with Gasteiger partial charge in [0.15, 0.2) is 0 Å². The zero-order valence-electron chi connectivity index (χ0n) is 12.0. The maximum Gasteiger partial charge on any atom is 0.234 e. The van der Waals surface area contributed by atoms with E-state index in [1.165, 1.54) is 4.88 Å². The van der Waals surface area contributed by atoms with Crippen molar-refractivity contribution >= 4 is 29.7 Å². The van der Waals surface area contributed by atoms with E-state index in [4.69, 9.17) is 5.73 Å². The lowest BCUT2D eigenvalue weighted by molar-refractivity contribution is -0.122. The molecule has 1 aromatic rings. The summed E-state index contributed by atoms with van der Waals surface area (Å²) in [5, 5.41) is 5.09. The molecule has 0 bridgehead atoms. The van der Waals surface area contributed by atoms with E-state index in [2.05, 4.69) is 16.3 Å². The summed E-state index contributed by atoms with van der Waals surface area (Å²) in [5.74, 6) is 0.633. The van der Waals surface area contributed by atoms with Gasteiger partial charge in [-0.3, -0.25) is 9.69 Å². The third kappa shape index (κ3) is 4.74. The van der Waals surface area contributed by atoms with Gasteiger partial charge in [0.05, 0.1) is 12.6 Å². The van der Waals surface area contributed by atoms with Crippen molar-refractivity contribution in [2.24, 2.45) is 11.7 Å². The molecule has 2 rings (SSSR count). The van der Waals surface area contributed by atoms with Gasteiger partial charge in [0, 0.05) is 17.5 Å². The molecule has 0 saturated carbocycles.